The van der Waals surface area contributed by atoms with Gasteiger partial charge in [0.05, 0.1) is 11.4 Å². The van der Waals surface area contributed by atoms with Gasteiger partial charge in [-0.3, -0.25) is 14.1 Å². The normalized spacial score (nSPS) is 16.1. The fourth-order valence-electron chi connectivity index (χ4n) is 3.75. The van der Waals surface area contributed by atoms with Crippen molar-refractivity contribution in [2.45, 2.75) is 10.8 Å². The van der Waals surface area contributed by atoms with Crippen LogP contribution in [0.15, 0.2) is 68.3 Å². The number of benzene rings is 1. The predicted molar refractivity (Wildman–Crippen MR) is 123 cm³/mol. The molecule has 0 radical (unpaired) electrons. The van der Waals surface area contributed by atoms with Crippen molar-refractivity contribution in [1.29, 1.82) is 0 Å². The number of piperazine rings is 1. The zero-order valence-corrected chi connectivity index (χ0v) is 19.0. The van der Waals surface area contributed by atoms with Gasteiger partial charge in [0.1, 0.15) is 4.21 Å². The number of thiazole rings is 1. The van der Waals surface area contributed by atoms with Crippen LogP contribution in [0, 0.1) is 0 Å². The molecule has 0 saturated carbocycles. The van der Waals surface area contributed by atoms with Gasteiger partial charge in [0.2, 0.25) is 0 Å². The average molecular weight is 473 g/mol. The summed E-state index contributed by atoms with van der Waals surface area (Å²) in [6, 6.07) is 14.8. The van der Waals surface area contributed by atoms with Gasteiger partial charge >= 0.3 is 0 Å². The third-order valence-electron chi connectivity index (χ3n) is 5.33. The molecule has 0 unspecified atom stereocenters. The molecule has 160 valence electrons. The fraction of sp³-hybridized carbons (Fsp3) is 0.238. The Balaban J connectivity index is 1.31. The van der Waals surface area contributed by atoms with E-state index in [1.165, 1.54) is 27.0 Å². The van der Waals surface area contributed by atoms with Crippen molar-refractivity contribution in [3.05, 3.63) is 75.3 Å². The van der Waals surface area contributed by atoms with Gasteiger partial charge in [0, 0.05) is 44.2 Å². The van der Waals surface area contributed by atoms with E-state index in [9.17, 15) is 13.2 Å². The van der Waals surface area contributed by atoms with Crippen LogP contribution in [0.2, 0.25) is 0 Å². The van der Waals surface area contributed by atoms with Gasteiger partial charge in [-0.15, -0.1) is 22.7 Å². The molecule has 0 bridgehead atoms. The molecular formula is C21H20N4O3S3. The van der Waals surface area contributed by atoms with Gasteiger partial charge in [0.15, 0.2) is 4.96 Å². The summed E-state index contributed by atoms with van der Waals surface area (Å²) in [5, 5.41) is 3.73. The molecule has 1 fully saturated rings. The minimum atomic E-state index is -3.42. The summed E-state index contributed by atoms with van der Waals surface area (Å²) in [6.07, 6.45) is 0. The summed E-state index contributed by atoms with van der Waals surface area (Å²) in [5.41, 5.74) is 2.44. The highest BCUT2D eigenvalue weighted by molar-refractivity contribution is 7.91. The zero-order valence-electron chi connectivity index (χ0n) is 16.5. The third kappa shape index (κ3) is 3.97. The summed E-state index contributed by atoms with van der Waals surface area (Å²) < 4.78 is 28.9. The van der Waals surface area contributed by atoms with E-state index in [0.717, 1.165) is 11.3 Å². The largest absolute Gasteiger partial charge is 0.295 e. The number of hydrogen-bond donors (Lipinski definition) is 0. The molecule has 5 rings (SSSR count). The van der Waals surface area contributed by atoms with E-state index in [1.807, 2.05) is 35.7 Å². The van der Waals surface area contributed by atoms with Crippen LogP contribution in [-0.4, -0.2) is 53.2 Å². The predicted octanol–water partition coefficient (Wildman–Crippen LogP) is 2.99. The summed E-state index contributed by atoms with van der Waals surface area (Å²) in [7, 11) is -3.42. The van der Waals surface area contributed by atoms with Gasteiger partial charge in [-0.05, 0) is 17.0 Å². The Labute approximate surface area is 187 Å². The monoisotopic (exact) mass is 472 g/mol. The summed E-state index contributed by atoms with van der Waals surface area (Å²) in [5.74, 6) is 0. The van der Waals surface area contributed by atoms with Crippen LogP contribution in [-0.2, 0) is 16.6 Å². The highest BCUT2D eigenvalue weighted by atomic mass is 32.2. The molecule has 1 aromatic carbocycles. The second kappa shape index (κ2) is 8.29. The summed E-state index contributed by atoms with van der Waals surface area (Å²) >= 11 is 2.69. The van der Waals surface area contributed by atoms with Crippen LogP contribution >= 0.6 is 22.7 Å². The van der Waals surface area contributed by atoms with E-state index in [0.29, 0.717) is 47.6 Å². The Morgan fingerprint density at radius 3 is 2.45 bits per heavy atom. The smallest absolute Gasteiger partial charge is 0.259 e. The maximum absolute atomic E-state index is 12.8. The average Bonchev–Trinajstić information content (AvgIpc) is 3.46. The lowest BCUT2D eigenvalue weighted by Crippen LogP contribution is -2.48. The Hall–Kier alpha value is -2.37. The van der Waals surface area contributed by atoms with Crippen LogP contribution in [0.3, 0.4) is 0 Å². The molecule has 1 aliphatic heterocycles. The summed E-state index contributed by atoms with van der Waals surface area (Å²) in [4.78, 5) is 20.3. The molecular weight excluding hydrogens is 452 g/mol. The van der Waals surface area contributed by atoms with E-state index in [-0.39, 0.29) is 5.56 Å². The standard InChI is InChI=1S/C21H20N4O3S3/c26-19-13-17(22-21-25(19)18(15-30-21)16-5-2-1-3-6-16)14-23-8-10-24(11-9-23)31(27,28)20-7-4-12-29-20/h1-7,12-13,15H,8-11,14H2. The Morgan fingerprint density at radius 2 is 1.74 bits per heavy atom. The van der Waals surface area contributed by atoms with E-state index < -0.39 is 10.0 Å². The van der Waals surface area contributed by atoms with Crippen LogP contribution in [0.4, 0.5) is 0 Å². The van der Waals surface area contributed by atoms with Gasteiger partial charge < -0.3 is 0 Å². The number of hydrogen-bond acceptors (Lipinski definition) is 7. The van der Waals surface area contributed by atoms with Crippen molar-refractivity contribution in [3.63, 3.8) is 0 Å². The number of rotatable bonds is 5. The first-order valence-corrected chi connectivity index (χ1v) is 13.0. The molecule has 0 N–H and O–H groups in total. The van der Waals surface area contributed by atoms with Crippen LogP contribution < -0.4 is 5.56 Å². The first kappa shape index (κ1) is 20.5. The molecule has 10 heteroatoms. The van der Waals surface area contributed by atoms with Gasteiger partial charge in [0.25, 0.3) is 15.6 Å². The molecule has 0 aliphatic carbocycles. The second-order valence-corrected chi connectivity index (χ2v) is 11.3. The number of aromatic nitrogens is 2. The fourth-order valence-corrected chi connectivity index (χ4v) is 7.24. The molecule has 1 aliphatic rings. The van der Waals surface area contributed by atoms with Crippen molar-refractivity contribution < 1.29 is 8.42 Å². The Kier molecular flexibility index (Phi) is 5.49. The molecule has 0 spiro atoms. The molecule has 0 atom stereocenters. The third-order valence-corrected chi connectivity index (χ3v) is 9.43. The first-order chi connectivity index (χ1) is 15.0. The topological polar surface area (TPSA) is 75.0 Å². The van der Waals surface area contributed by atoms with Crippen LogP contribution in [0.5, 0.6) is 0 Å². The lowest BCUT2D eigenvalue weighted by Gasteiger charge is -2.33. The van der Waals surface area contributed by atoms with Crippen LogP contribution in [0.1, 0.15) is 5.69 Å². The molecule has 4 aromatic rings. The van der Waals surface area contributed by atoms with E-state index >= 15 is 0 Å². The molecule has 31 heavy (non-hydrogen) atoms. The first-order valence-electron chi connectivity index (χ1n) is 9.84. The van der Waals surface area contributed by atoms with Crippen molar-refractivity contribution in [2.24, 2.45) is 0 Å². The quantitative estimate of drug-likeness (QED) is 0.446. The zero-order chi connectivity index (χ0) is 21.4. The van der Waals surface area contributed by atoms with Crippen molar-refractivity contribution in [1.82, 2.24) is 18.6 Å². The number of nitrogens with zero attached hydrogens (tertiary/aromatic N) is 4. The maximum Gasteiger partial charge on any atom is 0.259 e. The Bertz CT molecular complexity index is 1350. The lowest BCUT2D eigenvalue weighted by atomic mass is 10.2. The minimum Gasteiger partial charge on any atom is -0.295 e. The second-order valence-electron chi connectivity index (χ2n) is 7.30. The van der Waals surface area contributed by atoms with Crippen molar-refractivity contribution in [2.75, 3.05) is 26.2 Å². The van der Waals surface area contributed by atoms with E-state index in [1.54, 1.807) is 28.0 Å². The van der Waals surface area contributed by atoms with Gasteiger partial charge in [-0.2, -0.15) is 4.31 Å². The highest BCUT2D eigenvalue weighted by Gasteiger charge is 2.29. The maximum atomic E-state index is 12.8. The highest BCUT2D eigenvalue weighted by Crippen LogP contribution is 2.25. The van der Waals surface area contributed by atoms with Crippen molar-refractivity contribution >= 4 is 37.7 Å². The molecule has 3 aromatic heterocycles. The summed E-state index contributed by atoms with van der Waals surface area (Å²) in [6.45, 7) is 2.59. The molecule has 0 amide bonds. The number of fused-ring (bicyclic) bond motifs is 1. The molecule has 7 nitrogen and oxygen atoms in total. The minimum absolute atomic E-state index is 0.0981. The molecule has 1 saturated heterocycles. The Morgan fingerprint density at radius 1 is 0.968 bits per heavy atom. The van der Waals surface area contributed by atoms with Gasteiger partial charge in [-0.25, -0.2) is 13.4 Å². The number of sulfonamides is 1. The van der Waals surface area contributed by atoms with E-state index in [2.05, 4.69) is 4.90 Å². The lowest BCUT2D eigenvalue weighted by molar-refractivity contribution is 0.180. The van der Waals surface area contributed by atoms with Crippen molar-refractivity contribution in [3.8, 4) is 11.3 Å². The SMILES string of the molecule is O=c1cc(CN2CCN(S(=O)(=O)c3cccs3)CC2)nc2scc(-c3ccccc3)n12. The van der Waals surface area contributed by atoms with Gasteiger partial charge in [-0.1, -0.05) is 36.4 Å². The number of thiophene rings is 1. The molecule has 4 heterocycles. The van der Waals surface area contributed by atoms with E-state index in [4.69, 9.17) is 4.98 Å². The van der Waals surface area contributed by atoms with Crippen LogP contribution in [0.25, 0.3) is 16.2 Å².